The predicted octanol–water partition coefficient (Wildman–Crippen LogP) is -3.43. The van der Waals surface area contributed by atoms with Gasteiger partial charge in [-0.25, -0.2) is 0 Å². The third-order valence-corrected chi connectivity index (χ3v) is 11.4. The SMILES string of the molecule is CC[C@H](C)[C@H](NC(=O)[C@@H](N)CC(C)C)C(=O)N[C@H](C(=O)N[C@H](C(=O)N[C@@H](CCC(N)=O)C(=O)N[C@H](C(=O)N[C@@H](CCSC)C(=O)N[C@@H](CCCCN)C(=O)NCC(=O)O)[C@@H](C)O)[C@@H](C)O)C(C)C. The molecule has 0 radical (unpaired) electrons. The second kappa shape index (κ2) is 32.6. The molecular formula is C43H79N11O13S. The van der Waals surface area contributed by atoms with Crippen molar-refractivity contribution in [2.75, 3.05) is 25.1 Å². The summed E-state index contributed by atoms with van der Waals surface area (Å²) in [5, 5.41) is 50.0. The third-order valence-electron chi connectivity index (χ3n) is 10.8. The number of primary amides is 1. The van der Waals surface area contributed by atoms with Crippen LogP contribution in [-0.4, -0.2) is 160 Å². The third kappa shape index (κ3) is 23.8. The molecule has 68 heavy (non-hydrogen) atoms. The first-order chi connectivity index (χ1) is 31.7. The molecule has 390 valence electrons. The van der Waals surface area contributed by atoms with Crippen LogP contribution in [0.5, 0.6) is 0 Å². The van der Waals surface area contributed by atoms with Crippen LogP contribution in [0.2, 0.25) is 0 Å². The lowest BCUT2D eigenvalue weighted by atomic mass is 9.95. The van der Waals surface area contributed by atoms with E-state index >= 15 is 0 Å². The first-order valence-electron chi connectivity index (χ1n) is 22.9. The van der Waals surface area contributed by atoms with Crippen molar-refractivity contribution in [3.8, 4) is 0 Å². The molecule has 0 saturated carbocycles. The molecule has 0 spiro atoms. The number of aliphatic hydroxyl groups excluding tert-OH is 2. The predicted molar refractivity (Wildman–Crippen MR) is 254 cm³/mol. The summed E-state index contributed by atoms with van der Waals surface area (Å²) in [4.78, 5) is 131. The Morgan fingerprint density at radius 1 is 0.574 bits per heavy atom. The number of amides is 9. The average Bonchev–Trinajstić information content (AvgIpc) is 3.25. The Balaban J connectivity index is 6.46. The highest BCUT2D eigenvalue weighted by Gasteiger charge is 2.38. The summed E-state index contributed by atoms with van der Waals surface area (Å²) >= 11 is 1.32. The van der Waals surface area contributed by atoms with Crippen molar-refractivity contribution in [2.45, 2.75) is 167 Å². The molecule has 0 unspecified atom stereocenters. The van der Waals surface area contributed by atoms with Gasteiger partial charge in [-0.3, -0.25) is 47.9 Å². The molecule has 11 atom stereocenters. The van der Waals surface area contributed by atoms with Gasteiger partial charge in [-0.2, -0.15) is 11.8 Å². The van der Waals surface area contributed by atoms with Crippen LogP contribution in [0.25, 0.3) is 0 Å². The van der Waals surface area contributed by atoms with Crippen molar-refractivity contribution in [1.29, 1.82) is 0 Å². The Morgan fingerprint density at radius 2 is 1.01 bits per heavy atom. The second-order valence-electron chi connectivity index (χ2n) is 17.7. The molecule has 0 aliphatic heterocycles. The quantitative estimate of drug-likeness (QED) is 0.0279. The fourth-order valence-corrected chi connectivity index (χ4v) is 7.04. The van der Waals surface area contributed by atoms with Crippen LogP contribution in [0.1, 0.15) is 107 Å². The largest absolute Gasteiger partial charge is 0.480 e. The molecule has 0 rings (SSSR count). The number of carbonyl (C=O) groups is 10. The highest BCUT2D eigenvalue weighted by Crippen LogP contribution is 2.13. The maximum Gasteiger partial charge on any atom is 0.322 e. The van der Waals surface area contributed by atoms with Crippen LogP contribution in [0, 0.1) is 17.8 Å². The molecule has 25 heteroatoms. The van der Waals surface area contributed by atoms with Crippen LogP contribution in [-0.2, 0) is 47.9 Å². The molecule has 0 fully saturated rings. The highest BCUT2D eigenvalue weighted by atomic mass is 32.2. The second-order valence-corrected chi connectivity index (χ2v) is 18.6. The van der Waals surface area contributed by atoms with Gasteiger partial charge in [-0.05, 0) is 88.7 Å². The summed E-state index contributed by atoms with van der Waals surface area (Å²) in [5.74, 6) is -9.83. The summed E-state index contributed by atoms with van der Waals surface area (Å²) in [6, 6.07) is -11.0. The van der Waals surface area contributed by atoms with E-state index in [1.165, 1.54) is 18.7 Å². The Bertz CT molecular complexity index is 1690. The number of carboxylic acids is 1. The summed E-state index contributed by atoms with van der Waals surface area (Å²) in [6.45, 7) is 12.5. The van der Waals surface area contributed by atoms with E-state index in [-0.39, 0.29) is 24.7 Å². The number of unbranched alkanes of at least 4 members (excludes halogenated alkanes) is 1. The molecule has 0 aliphatic rings. The summed E-state index contributed by atoms with van der Waals surface area (Å²) < 4.78 is 0. The Labute approximate surface area is 403 Å². The molecular weight excluding hydrogens is 911 g/mol. The molecule has 0 heterocycles. The minimum Gasteiger partial charge on any atom is -0.480 e. The normalized spacial score (nSPS) is 16.2. The van der Waals surface area contributed by atoms with Gasteiger partial charge < -0.3 is 75.1 Å². The van der Waals surface area contributed by atoms with Crippen LogP contribution in [0.3, 0.4) is 0 Å². The molecule has 17 N–H and O–H groups in total. The zero-order chi connectivity index (χ0) is 52.4. The van der Waals surface area contributed by atoms with Gasteiger partial charge in [0.1, 0.15) is 48.8 Å². The van der Waals surface area contributed by atoms with Gasteiger partial charge in [0.25, 0.3) is 0 Å². The molecule has 0 aromatic rings. The van der Waals surface area contributed by atoms with Gasteiger partial charge in [0, 0.05) is 6.42 Å². The minimum atomic E-state index is -1.78. The average molecular weight is 990 g/mol. The number of nitrogens with two attached hydrogens (primary N) is 3. The van der Waals surface area contributed by atoms with Gasteiger partial charge >= 0.3 is 5.97 Å². The summed E-state index contributed by atoms with van der Waals surface area (Å²) in [5.41, 5.74) is 17.0. The van der Waals surface area contributed by atoms with Crippen molar-refractivity contribution in [3.05, 3.63) is 0 Å². The number of rotatable bonds is 34. The summed E-state index contributed by atoms with van der Waals surface area (Å²) in [6.07, 6.45) is -0.609. The maximum absolute atomic E-state index is 13.8. The van der Waals surface area contributed by atoms with Gasteiger partial charge in [-0.1, -0.05) is 48.0 Å². The topological polar surface area (TPSA) is 406 Å². The van der Waals surface area contributed by atoms with Crippen LogP contribution in [0.4, 0.5) is 0 Å². The number of aliphatic hydroxyl groups is 2. The van der Waals surface area contributed by atoms with Gasteiger partial charge in [0.15, 0.2) is 0 Å². The smallest absolute Gasteiger partial charge is 0.322 e. The lowest BCUT2D eigenvalue weighted by Gasteiger charge is -2.31. The molecule has 0 aliphatic carbocycles. The fraction of sp³-hybridized carbons (Fsp3) is 0.767. The maximum atomic E-state index is 13.8. The standard InChI is InChI=1S/C43H79N11O13S/c1-10-23(6)33(52-36(60)26(45)19-21(2)3)41(65)51-32(22(4)5)40(64)54-35(25(8)56)43(67)49-28(14-15-30(46)57)39(63)53-34(24(7)55)42(66)50-29(16-18-68-9)38(62)48-27(13-11-12-17-44)37(61)47-20-31(58)59/h21-29,32-35,55-56H,10-20,44-45H2,1-9H3,(H2,46,57)(H,47,61)(H,48,62)(H,49,67)(H,50,66)(H,51,65)(H,52,60)(H,53,63)(H,54,64)(H,58,59)/t23-,24+,25+,26-,27-,28-,29-,32-,33-,34-,35-/m0/s1. The zero-order valence-electron chi connectivity index (χ0n) is 40.8. The molecule has 0 saturated heterocycles. The van der Waals surface area contributed by atoms with Crippen molar-refractivity contribution in [3.63, 3.8) is 0 Å². The van der Waals surface area contributed by atoms with Crippen LogP contribution >= 0.6 is 11.8 Å². The number of hydrogen-bond donors (Lipinski definition) is 14. The van der Waals surface area contributed by atoms with Crippen LogP contribution < -0.4 is 59.7 Å². The van der Waals surface area contributed by atoms with E-state index in [4.69, 9.17) is 22.3 Å². The fourth-order valence-electron chi connectivity index (χ4n) is 6.57. The van der Waals surface area contributed by atoms with E-state index in [9.17, 15) is 58.2 Å². The van der Waals surface area contributed by atoms with Crippen molar-refractivity contribution >= 4 is 70.9 Å². The van der Waals surface area contributed by atoms with Crippen molar-refractivity contribution in [1.82, 2.24) is 42.5 Å². The van der Waals surface area contributed by atoms with Gasteiger partial charge in [-0.15, -0.1) is 0 Å². The van der Waals surface area contributed by atoms with E-state index in [2.05, 4.69) is 42.5 Å². The number of nitrogens with one attached hydrogen (secondary N) is 8. The molecule has 0 bridgehead atoms. The van der Waals surface area contributed by atoms with Crippen molar-refractivity contribution < 1.29 is 63.3 Å². The minimum absolute atomic E-state index is 0.0126. The number of carboxylic acid groups (broad SMARTS) is 1. The Kier molecular flexibility index (Phi) is 30.2. The van der Waals surface area contributed by atoms with Crippen molar-refractivity contribution in [2.24, 2.45) is 35.0 Å². The highest BCUT2D eigenvalue weighted by molar-refractivity contribution is 7.98. The number of carbonyl (C=O) groups excluding carboxylic acids is 9. The number of thioether (sulfide) groups is 1. The number of aliphatic carboxylic acids is 1. The molecule has 24 nitrogen and oxygen atoms in total. The van der Waals surface area contributed by atoms with Crippen LogP contribution in [0.15, 0.2) is 0 Å². The first-order valence-corrected chi connectivity index (χ1v) is 24.3. The monoisotopic (exact) mass is 990 g/mol. The van der Waals surface area contributed by atoms with E-state index in [0.29, 0.717) is 38.0 Å². The Morgan fingerprint density at radius 3 is 1.47 bits per heavy atom. The van der Waals surface area contributed by atoms with Gasteiger partial charge in [0.05, 0.1) is 18.2 Å². The summed E-state index contributed by atoms with van der Waals surface area (Å²) in [7, 11) is 0. The molecule has 9 amide bonds. The molecule has 0 aromatic heterocycles. The Hall–Kier alpha value is -5.11. The van der Waals surface area contributed by atoms with Gasteiger partial charge in [0.2, 0.25) is 53.2 Å². The lowest BCUT2D eigenvalue weighted by molar-refractivity contribution is -0.139. The van der Waals surface area contributed by atoms with E-state index in [0.717, 1.165) is 6.92 Å². The number of hydrogen-bond acceptors (Lipinski definition) is 15. The van der Waals surface area contributed by atoms with E-state index in [1.54, 1.807) is 27.0 Å². The van der Waals surface area contributed by atoms with E-state index < -0.39 is 145 Å². The van der Waals surface area contributed by atoms with E-state index in [1.807, 2.05) is 20.8 Å². The molecule has 0 aromatic carbocycles. The zero-order valence-corrected chi connectivity index (χ0v) is 41.7. The lowest BCUT2D eigenvalue weighted by Crippen LogP contribution is -2.63. The first kappa shape index (κ1) is 62.9.